The zero-order chi connectivity index (χ0) is 13.3. The summed E-state index contributed by atoms with van der Waals surface area (Å²) in [5.74, 6) is 0.650. The Morgan fingerprint density at radius 2 is 2.00 bits per heavy atom. The normalized spacial score (nSPS) is 11.1. The molecule has 2 N–H and O–H groups in total. The summed E-state index contributed by atoms with van der Waals surface area (Å²) in [4.78, 5) is 15.5. The number of hydrogen-bond donors (Lipinski definition) is 1. The van der Waals surface area contributed by atoms with E-state index in [9.17, 15) is 4.79 Å². The number of nitrogens with zero attached hydrogens (tertiary/aromatic N) is 2. The quantitative estimate of drug-likeness (QED) is 0.883. The molecule has 0 bridgehead atoms. The Balaban J connectivity index is 2.64. The van der Waals surface area contributed by atoms with Crippen LogP contribution in [0, 0.1) is 0 Å². The second kappa shape index (κ2) is 5.34. The summed E-state index contributed by atoms with van der Waals surface area (Å²) in [6.07, 6.45) is 0.540. The van der Waals surface area contributed by atoms with Crippen LogP contribution in [0.5, 0.6) is 0 Å². The summed E-state index contributed by atoms with van der Waals surface area (Å²) in [5.41, 5.74) is 6.63. The van der Waals surface area contributed by atoms with Gasteiger partial charge in [-0.2, -0.15) is 0 Å². The van der Waals surface area contributed by atoms with Gasteiger partial charge in [-0.25, -0.2) is 4.98 Å². The zero-order valence-corrected chi connectivity index (χ0v) is 11.6. The minimum absolute atomic E-state index is 0.0423. The molecule has 1 aromatic carbocycles. The van der Waals surface area contributed by atoms with Crippen LogP contribution in [-0.4, -0.2) is 21.3 Å². The average Bonchev–Trinajstić information content (AvgIpc) is 2.58. The van der Waals surface area contributed by atoms with Crippen molar-refractivity contribution >= 4 is 51.7 Å². The van der Waals surface area contributed by atoms with Gasteiger partial charge in [0.1, 0.15) is 12.4 Å². The Labute approximate surface area is 119 Å². The largest absolute Gasteiger partial charge is 0.368 e. The molecule has 0 aliphatic carbocycles. The van der Waals surface area contributed by atoms with Gasteiger partial charge in [-0.05, 0) is 12.1 Å². The van der Waals surface area contributed by atoms with Crippen molar-refractivity contribution in [1.82, 2.24) is 9.55 Å². The number of alkyl halides is 1. The molecule has 0 unspecified atom stereocenters. The van der Waals surface area contributed by atoms with Crippen LogP contribution in [0.15, 0.2) is 12.1 Å². The summed E-state index contributed by atoms with van der Waals surface area (Å²) in [6, 6.07) is 3.33. The number of benzene rings is 1. The molecule has 0 spiro atoms. The van der Waals surface area contributed by atoms with E-state index >= 15 is 0 Å². The molecule has 96 valence electrons. The van der Waals surface area contributed by atoms with E-state index in [1.165, 1.54) is 0 Å². The van der Waals surface area contributed by atoms with Crippen LogP contribution in [0.1, 0.15) is 5.82 Å². The second-order valence-electron chi connectivity index (χ2n) is 3.77. The molecule has 0 saturated carbocycles. The lowest BCUT2D eigenvalue weighted by atomic mass is 10.3. The number of rotatable bonds is 4. The standard InChI is InChI=1S/C11H10Cl3N3O/c12-2-1-11-16-8-3-6(13)7(14)4-9(8)17(11)5-10(15)18/h3-4H,1-2,5H2,(H2,15,18). The van der Waals surface area contributed by atoms with Gasteiger partial charge in [0.2, 0.25) is 5.91 Å². The van der Waals surface area contributed by atoms with Gasteiger partial charge in [-0.3, -0.25) is 4.79 Å². The van der Waals surface area contributed by atoms with Crippen LogP contribution in [-0.2, 0) is 17.8 Å². The average molecular weight is 307 g/mol. The third-order valence-corrected chi connectivity index (χ3v) is 3.41. The Morgan fingerprint density at radius 3 is 2.61 bits per heavy atom. The van der Waals surface area contributed by atoms with Gasteiger partial charge >= 0.3 is 0 Å². The number of imidazole rings is 1. The Hall–Kier alpha value is -0.970. The molecule has 0 aliphatic rings. The Morgan fingerprint density at radius 1 is 1.33 bits per heavy atom. The topological polar surface area (TPSA) is 60.9 Å². The molecule has 7 heteroatoms. The number of fused-ring (bicyclic) bond motifs is 1. The van der Waals surface area contributed by atoms with E-state index < -0.39 is 5.91 Å². The third-order valence-electron chi connectivity index (χ3n) is 2.50. The monoisotopic (exact) mass is 305 g/mol. The van der Waals surface area contributed by atoms with Crippen molar-refractivity contribution in [3.63, 3.8) is 0 Å². The number of hydrogen-bond acceptors (Lipinski definition) is 2. The number of halogens is 3. The summed E-state index contributed by atoms with van der Waals surface area (Å²) in [7, 11) is 0. The van der Waals surface area contributed by atoms with E-state index in [4.69, 9.17) is 40.5 Å². The van der Waals surface area contributed by atoms with E-state index in [1.54, 1.807) is 16.7 Å². The minimum Gasteiger partial charge on any atom is -0.368 e. The zero-order valence-electron chi connectivity index (χ0n) is 9.29. The first-order valence-corrected chi connectivity index (χ1v) is 6.50. The number of aryl methyl sites for hydroxylation is 1. The lowest BCUT2D eigenvalue weighted by Crippen LogP contribution is -2.20. The molecule has 2 rings (SSSR count). The summed E-state index contributed by atoms with van der Waals surface area (Å²) in [5, 5.41) is 0.831. The molecule has 0 atom stereocenters. The first-order valence-electron chi connectivity index (χ1n) is 5.21. The van der Waals surface area contributed by atoms with Gasteiger partial charge < -0.3 is 10.3 Å². The highest BCUT2D eigenvalue weighted by Crippen LogP contribution is 2.28. The van der Waals surface area contributed by atoms with Crippen molar-refractivity contribution in [2.45, 2.75) is 13.0 Å². The fourth-order valence-corrected chi connectivity index (χ4v) is 2.26. The molecule has 0 saturated heterocycles. The molecule has 1 aromatic heterocycles. The fraction of sp³-hybridized carbons (Fsp3) is 0.273. The summed E-state index contributed by atoms with van der Waals surface area (Å²) < 4.78 is 1.71. The Kier molecular flexibility index (Phi) is 4.00. The molecular weight excluding hydrogens is 297 g/mol. The second-order valence-corrected chi connectivity index (χ2v) is 4.97. The van der Waals surface area contributed by atoms with Crippen LogP contribution in [0.4, 0.5) is 0 Å². The van der Waals surface area contributed by atoms with E-state index in [1.807, 2.05) is 0 Å². The first-order chi connectivity index (χ1) is 8.52. The number of carbonyl (C=O) groups excluding carboxylic acids is 1. The molecular formula is C11H10Cl3N3O. The summed E-state index contributed by atoms with van der Waals surface area (Å²) >= 11 is 17.6. The number of carbonyl (C=O) groups is 1. The van der Waals surface area contributed by atoms with Crippen LogP contribution in [0.3, 0.4) is 0 Å². The molecule has 1 heterocycles. The number of primary amides is 1. The highest BCUT2D eigenvalue weighted by atomic mass is 35.5. The number of aromatic nitrogens is 2. The predicted molar refractivity (Wildman–Crippen MR) is 73.4 cm³/mol. The molecule has 18 heavy (non-hydrogen) atoms. The molecule has 0 aliphatic heterocycles. The van der Waals surface area contributed by atoms with E-state index in [-0.39, 0.29) is 6.54 Å². The highest BCUT2D eigenvalue weighted by Gasteiger charge is 2.14. The van der Waals surface area contributed by atoms with Crippen molar-refractivity contribution in [3.05, 3.63) is 28.0 Å². The highest BCUT2D eigenvalue weighted by molar-refractivity contribution is 6.42. The summed E-state index contributed by atoms with van der Waals surface area (Å²) in [6.45, 7) is 0.0423. The minimum atomic E-state index is -0.448. The van der Waals surface area contributed by atoms with E-state index in [2.05, 4.69) is 4.98 Å². The van der Waals surface area contributed by atoms with Gasteiger partial charge in [-0.1, -0.05) is 23.2 Å². The first kappa shape index (κ1) is 13.5. The maximum Gasteiger partial charge on any atom is 0.237 e. The lowest BCUT2D eigenvalue weighted by molar-refractivity contribution is -0.118. The SMILES string of the molecule is NC(=O)Cn1c(CCCl)nc2cc(Cl)c(Cl)cc21. The molecule has 2 aromatic rings. The van der Waals surface area contributed by atoms with Gasteiger partial charge in [-0.15, -0.1) is 11.6 Å². The lowest BCUT2D eigenvalue weighted by Gasteiger charge is -2.05. The van der Waals surface area contributed by atoms with Gasteiger partial charge in [0.05, 0.1) is 21.1 Å². The smallest absolute Gasteiger partial charge is 0.237 e. The maximum absolute atomic E-state index is 11.1. The van der Waals surface area contributed by atoms with Gasteiger partial charge in [0.25, 0.3) is 0 Å². The van der Waals surface area contributed by atoms with Crippen molar-refractivity contribution in [2.75, 3.05) is 5.88 Å². The van der Waals surface area contributed by atoms with E-state index in [0.717, 1.165) is 5.52 Å². The maximum atomic E-state index is 11.1. The third kappa shape index (κ3) is 2.55. The van der Waals surface area contributed by atoms with Crippen LogP contribution < -0.4 is 5.73 Å². The molecule has 4 nitrogen and oxygen atoms in total. The number of amides is 1. The van der Waals surface area contributed by atoms with Crippen LogP contribution in [0.25, 0.3) is 11.0 Å². The van der Waals surface area contributed by atoms with Gasteiger partial charge in [0.15, 0.2) is 0 Å². The van der Waals surface area contributed by atoms with Crippen LogP contribution in [0.2, 0.25) is 10.0 Å². The van der Waals surface area contributed by atoms with Crippen molar-refractivity contribution < 1.29 is 4.79 Å². The number of nitrogens with two attached hydrogens (primary N) is 1. The predicted octanol–water partition coefficient (Wildman–Crippen LogP) is 2.61. The molecule has 0 fully saturated rings. The Bertz CT molecular complexity index is 609. The van der Waals surface area contributed by atoms with Crippen molar-refractivity contribution in [1.29, 1.82) is 0 Å². The van der Waals surface area contributed by atoms with Gasteiger partial charge in [0, 0.05) is 12.3 Å². The molecule has 1 amide bonds. The van der Waals surface area contributed by atoms with Crippen molar-refractivity contribution in [2.24, 2.45) is 5.73 Å². The molecule has 0 radical (unpaired) electrons. The van der Waals surface area contributed by atoms with Crippen molar-refractivity contribution in [3.8, 4) is 0 Å². The fourth-order valence-electron chi connectivity index (χ4n) is 1.78. The van der Waals surface area contributed by atoms with E-state index in [0.29, 0.717) is 33.7 Å². The van der Waals surface area contributed by atoms with Crippen LogP contribution >= 0.6 is 34.8 Å².